The second-order valence-corrected chi connectivity index (χ2v) is 7.17. The Labute approximate surface area is 155 Å². The van der Waals surface area contributed by atoms with Gasteiger partial charge in [-0.2, -0.15) is 0 Å². The number of hydrogen-bond donors (Lipinski definition) is 0. The summed E-state index contributed by atoms with van der Waals surface area (Å²) in [7, 11) is 1.79. The van der Waals surface area contributed by atoms with Gasteiger partial charge in [-0.05, 0) is 42.6 Å². The number of nitrogens with zero attached hydrogens (tertiary/aromatic N) is 2. The Bertz CT molecular complexity index is 1070. The molecule has 4 aromatic rings. The maximum atomic E-state index is 13.2. The van der Waals surface area contributed by atoms with Crippen LogP contribution in [0.15, 0.2) is 64.4 Å². The zero-order valence-electron chi connectivity index (χ0n) is 14.6. The SMILES string of the molecule is Cc1ccc(CN(C)C(=O)c2cc(-c3cccs3)nc3ccccc23)o1. The number of aryl methyl sites for hydroxylation is 1. The van der Waals surface area contributed by atoms with Crippen LogP contribution in [0.25, 0.3) is 21.5 Å². The van der Waals surface area contributed by atoms with Crippen molar-refractivity contribution >= 4 is 28.1 Å². The van der Waals surface area contributed by atoms with E-state index < -0.39 is 0 Å². The van der Waals surface area contributed by atoms with Crippen molar-refractivity contribution in [1.82, 2.24) is 9.88 Å². The Morgan fingerprint density at radius 1 is 1.15 bits per heavy atom. The molecule has 0 atom stereocenters. The molecule has 1 amide bonds. The summed E-state index contributed by atoms with van der Waals surface area (Å²) in [4.78, 5) is 20.6. The molecule has 0 aliphatic rings. The first-order valence-corrected chi connectivity index (χ1v) is 9.24. The van der Waals surface area contributed by atoms with E-state index in [-0.39, 0.29) is 5.91 Å². The van der Waals surface area contributed by atoms with Crippen LogP contribution in [0.5, 0.6) is 0 Å². The molecule has 4 nitrogen and oxygen atoms in total. The zero-order chi connectivity index (χ0) is 18.1. The van der Waals surface area contributed by atoms with Gasteiger partial charge in [0.1, 0.15) is 11.5 Å². The van der Waals surface area contributed by atoms with Gasteiger partial charge in [0.2, 0.25) is 0 Å². The first kappa shape index (κ1) is 16.5. The second-order valence-electron chi connectivity index (χ2n) is 6.22. The van der Waals surface area contributed by atoms with Crippen molar-refractivity contribution in [2.75, 3.05) is 7.05 Å². The first-order chi connectivity index (χ1) is 12.6. The average Bonchev–Trinajstić information content (AvgIpc) is 3.32. The molecule has 0 radical (unpaired) electrons. The van der Waals surface area contributed by atoms with Crippen molar-refractivity contribution in [3.8, 4) is 10.6 Å². The number of carbonyl (C=O) groups is 1. The number of benzene rings is 1. The van der Waals surface area contributed by atoms with E-state index in [1.165, 1.54) is 0 Å². The molecule has 1 aromatic carbocycles. The minimum absolute atomic E-state index is 0.0459. The highest BCUT2D eigenvalue weighted by atomic mass is 32.1. The standard InChI is InChI=1S/C21H18N2O2S/c1-14-9-10-15(25-14)13-23(2)21(24)17-12-19(20-8-5-11-26-20)22-18-7-4-3-6-16(17)18/h3-12H,13H2,1-2H3. The summed E-state index contributed by atoms with van der Waals surface area (Å²) in [5.41, 5.74) is 2.30. The Balaban J connectivity index is 1.75. The number of aromatic nitrogens is 1. The lowest BCUT2D eigenvalue weighted by Crippen LogP contribution is -2.26. The maximum Gasteiger partial charge on any atom is 0.254 e. The molecule has 0 N–H and O–H groups in total. The van der Waals surface area contributed by atoms with Crippen LogP contribution in [0.4, 0.5) is 0 Å². The van der Waals surface area contributed by atoms with Gasteiger partial charge in [0, 0.05) is 12.4 Å². The zero-order valence-corrected chi connectivity index (χ0v) is 15.4. The summed E-state index contributed by atoms with van der Waals surface area (Å²) in [6, 6.07) is 17.5. The van der Waals surface area contributed by atoms with Gasteiger partial charge in [-0.15, -0.1) is 11.3 Å². The molecule has 4 rings (SSSR count). The Kier molecular flexibility index (Phi) is 4.31. The fraction of sp³-hybridized carbons (Fsp3) is 0.143. The first-order valence-electron chi connectivity index (χ1n) is 8.36. The van der Waals surface area contributed by atoms with E-state index in [9.17, 15) is 4.79 Å². The summed E-state index contributed by atoms with van der Waals surface area (Å²) >= 11 is 1.62. The third-order valence-electron chi connectivity index (χ3n) is 4.26. The number of hydrogen-bond acceptors (Lipinski definition) is 4. The van der Waals surface area contributed by atoms with E-state index in [0.29, 0.717) is 12.1 Å². The second kappa shape index (κ2) is 6.77. The minimum Gasteiger partial charge on any atom is -0.464 e. The number of para-hydroxylation sites is 1. The molecule has 3 aromatic heterocycles. The van der Waals surface area contributed by atoms with Crippen molar-refractivity contribution in [2.45, 2.75) is 13.5 Å². The normalized spacial score (nSPS) is 11.0. The highest BCUT2D eigenvalue weighted by molar-refractivity contribution is 7.13. The van der Waals surface area contributed by atoms with Gasteiger partial charge in [0.15, 0.2) is 0 Å². The van der Waals surface area contributed by atoms with Crippen LogP contribution in [0.1, 0.15) is 21.9 Å². The average molecular weight is 362 g/mol. The topological polar surface area (TPSA) is 46.3 Å². The predicted molar refractivity (Wildman–Crippen MR) is 104 cm³/mol. The molecule has 0 unspecified atom stereocenters. The van der Waals surface area contributed by atoms with Crippen LogP contribution in [-0.2, 0) is 6.54 Å². The van der Waals surface area contributed by atoms with Crippen molar-refractivity contribution < 1.29 is 9.21 Å². The lowest BCUT2D eigenvalue weighted by Gasteiger charge is -2.17. The van der Waals surface area contributed by atoms with Gasteiger partial charge in [0.25, 0.3) is 5.91 Å². The summed E-state index contributed by atoms with van der Waals surface area (Å²) in [6.07, 6.45) is 0. The molecule has 5 heteroatoms. The molecular formula is C21H18N2O2S. The summed E-state index contributed by atoms with van der Waals surface area (Å²) in [5.74, 6) is 1.57. The van der Waals surface area contributed by atoms with E-state index in [1.54, 1.807) is 23.3 Å². The Morgan fingerprint density at radius 3 is 2.73 bits per heavy atom. The highest BCUT2D eigenvalue weighted by Crippen LogP contribution is 2.28. The fourth-order valence-electron chi connectivity index (χ4n) is 2.98. The predicted octanol–water partition coefficient (Wildman–Crippen LogP) is 5.14. The van der Waals surface area contributed by atoms with E-state index in [0.717, 1.165) is 33.0 Å². The van der Waals surface area contributed by atoms with Crippen molar-refractivity contribution in [2.24, 2.45) is 0 Å². The van der Waals surface area contributed by atoms with Gasteiger partial charge in [-0.3, -0.25) is 4.79 Å². The van der Waals surface area contributed by atoms with E-state index in [4.69, 9.17) is 9.40 Å². The van der Waals surface area contributed by atoms with Gasteiger partial charge in [-0.25, -0.2) is 4.98 Å². The quantitative estimate of drug-likeness (QED) is 0.505. The van der Waals surface area contributed by atoms with Crippen LogP contribution in [0.3, 0.4) is 0 Å². The summed E-state index contributed by atoms with van der Waals surface area (Å²) < 4.78 is 5.61. The molecule has 0 spiro atoms. The number of thiophene rings is 1. The van der Waals surface area contributed by atoms with E-state index >= 15 is 0 Å². The largest absolute Gasteiger partial charge is 0.464 e. The number of amides is 1. The molecule has 0 saturated carbocycles. The monoisotopic (exact) mass is 362 g/mol. The van der Waals surface area contributed by atoms with Gasteiger partial charge in [0.05, 0.1) is 28.2 Å². The van der Waals surface area contributed by atoms with E-state index in [1.807, 2.05) is 66.9 Å². The number of fused-ring (bicyclic) bond motifs is 1. The smallest absolute Gasteiger partial charge is 0.254 e. The summed E-state index contributed by atoms with van der Waals surface area (Å²) in [5, 5.41) is 2.87. The molecular weight excluding hydrogens is 344 g/mol. The van der Waals surface area contributed by atoms with Gasteiger partial charge in [-0.1, -0.05) is 24.3 Å². The molecule has 0 bridgehead atoms. The van der Waals surface area contributed by atoms with Crippen LogP contribution in [-0.4, -0.2) is 22.8 Å². The number of furan rings is 1. The third-order valence-corrected chi connectivity index (χ3v) is 5.15. The molecule has 0 saturated heterocycles. The molecule has 130 valence electrons. The lowest BCUT2D eigenvalue weighted by molar-refractivity contribution is 0.0777. The lowest BCUT2D eigenvalue weighted by atomic mass is 10.1. The minimum atomic E-state index is -0.0459. The van der Waals surface area contributed by atoms with Crippen molar-refractivity contribution in [3.63, 3.8) is 0 Å². The Hall–Kier alpha value is -2.92. The molecule has 26 heavy (non-hydrogen) atoms. The van der Waals surface area contributed by atoms with Crippen molar-refractivity contribution in [3.05, 3.63) is 77.1 Å². The fourth-order valence-corrected chi connectivity index (χ4v) is 3.67. The van der Waals surface area contributed by atoms with Crippen LogP contribution in [0, 0.1) is 6.92 Å². The Morgan fingerprint density at radius 2 is 2.00 bits per heavy atom. The van der Waals surface area contributed by atoms with Crippen LogP contribution in [0.2, 0.25) is 0 Å². The molecule has 0 aliphatic carbocycles. The maximum absolute atomic E-state index is 13.2. The van der Waals surface area contributed by atoms with Crippen molar-refractivity contribution in [1.29, 1.82) is 0 Å². The van der Waals surface area contributed by atoms with Gasteiger partial charge < -0.3 is 9.32 Å². The molecule has 3 heterocycles. The molecule has 0 fully saturated rings. The summed E-state index contributed by atoms with van der Waals surface area (Å²) in [6.45, 7) is 2.33. The highest BCUT2D eigenvalue weighted by Gasteiger charge is 2.18. The van der Waals surface area contributed by atoms with E-state index in [2.05, 4.69) is 0 Å². The number of rotatable bonds is 4. The van der Waals surface area contributed by atoms with Crippen LogP contribution < -0.4 is 0 Å². The number of carbonyl (C=O) groups excluding carboxylic acids is 1. The van der Waals surface area contributed by atoms with Gasteiger partial charge >= 0.3 is 0 Å². The number of pyridine rings is 1. The third kappa shape index (κ3) is 3.13. The van der Waals surface area contributed by atoms with Crippen LogP contribution >= 0.6 is 11.3 Å². The molecule has 0 aliphatic heterocycles.